The van der Waals surface area contributed by atoms with Gasteiger partial charge in [-0.1, -0.05) is 18.2 Å². The second-order valence-corrected chi connectivity index (χ2v) is 4.89. The van der Waals surface area contributed by atoms with Gasteiger partial charge in [0.05, 0.1) is 12.6 Å². The van der Waals surface area contributed by atoms with Gasteiger partial charge >= 0.3 is 0 Å². The molecule has 1 aromatic carbocycles. The van der Waals surface area contributed by atoms with Gasteiger partial charge in [-0.25, -0.2) is 0 Å². The van der Waals surface area contributed by atoms with Gasteiger partial charge in [0.1, 0.15) is 5.60 Å². The lowest BCUT2D eigenvalue weighted by molar-refractivity contribution is -0.0443. The largest absolute Gasteiger partial charge is 0.386 e. The number of nitrogens with one attached hydrogen (secondary N) is 1. The fourth-order valence-corrected chi connectivity index (χ4v) is 2.31. The van der Waals surface area contributed by atoms with Crippen molar-refractivity contribution >= 4 is 5.69 Å². The first-order chi connectivity index (χ1) is 8.13. The third kappa shape index (κ3) is 2.79. The van der Waals surface area contributed by atoms with Crippen molar-refractivity contribution in [1.82, 2.24) is 0 Å². The summed E-state index contributed by atoms with van der Waals surface area (Å²) in [6.45, 7) is 4.80. The van der Waals surface area contributed by atoms with Gasteiger partial charge in [-0.2, -0.15) is 0 Å². The average Bonchev–Trinajstić information content (AvgIpc) is 2.36. The van der Waals surface area contributed by atoms with E-state index < -0.39 is 5.60 Å². The van der Waals surface area contributed by atoms with Crippen molar-refractivity contribution in [2.24, 2.45) is 0 Å². The van der Waals surface area contributed by atoms with Crippen LogP contribution in [0.1, 0.15) is 25.8 Å². The van der Waals surface area contributed by atoms with Crippen molar-refractivity contribution in [1.29, 1.82) is 0 Å². The zero-order chi connectivity index (χ0) is 12.3. The van der Waals surface area contributed by atoms with Crippen molar-refractivity contribution in [2.45, 2.75) is 38.3 Å². The van der Waals surface area contributed by atoms with Gasteiger partial charge < -0.3 is 15.2 Å². The van der Waals surface area contributed by atoms with Crippen LogP contribution >= 0.6 is 0 Å². The number of rotatable bonds is 4. The van der Waals surface area contributed by atoms with Gasteiger partial charge in [0, 0.05) is 12.3 Å². The van der Waals surface area contributed by atoms with Crippen LogP contribution in [0.2, 0.25) is 0 Å². The summed E-state index contributed by atoms with van der Waals surface area (Å²) in [5, 5.41) is 13.8. The molecule has 0 aliphatic carbocycles. The molecule has 1 aliphatic rings. The first-order valence-corrected chi connectivity index (χ1v) is 6.28. The number of fused-ring (bicyclic) bond motifs is 1. The van der Waals surface area contributed by atoms with E-state index in [9.17, 15) is 5.11 Å². The van der Waals surface area contributed by atoms with Crippen LogP contribution in [0.3, 0.4) is 0 Å². The molecule has 2 N–H and O–H groups in total. The van der Waals surface area contributed by atoms with Crippen molar-refractivity contribution in [3.8, 4) is 0 Å². The van der Waals surface area contributed by atoms with Gasteiger partial charge in [0.2, 0.25) is 0 Å². The van der Waals surface area contributed by atoms with E-state index in [-0.39, 0.29) is 6.04 Å². The maximum Gasteiger partial charge on any atom is 0.105 e. The van der Waals surface area contributed by atoms with Gasteiger partial charge in [0.25, 0.3) is 0 Å². The topological polar surface area (TPSA) is 41.5 Å². The molecule has 1 heterocycles. The lowest BCUT2D eigenvalue weighted by Crippen LogP contribution is -2.49. The van der Waals surface area contributed by atoms with E-state index in [0.717, 1.165) is 18.5 Å². The fourth-order valence-electron chi connectivity index (χ4n) is 2.31. The summed E-state index contributed by atoms with van der Waals surface area (Å²) in [4.78, 5) is 0. The van der Waals surface area contributed by atoms with E-state index in [1.54, 1.807) is 0 Å². The molecule has 3 heteroatoms. The number of aliphatic hydroxyl groups is 1. The summed E-state index contributed by atoms with van der Waals surface area (Å²) in [7, 11) is 0. The summed E-state index contributed by atoms with van der Waals surface area (Å²) in [5.74, 6) is 0. The normalized spacial score (nSPS) is 22.4. The number of para-hydroxylation sites is 1. The molecule has 17 heavy (non-hydrogen) atoms. The molecule has 0 fully saturated rings. The standard InChI is InChI=1S/C14H21NO2/c1-3-17-10-14(2,16)13-9-8-11-6-4-5-7-12(11)15-13/h4-7,13,15-16H,3,8-10H2,1-2H3. The Morgan fingerprint density at radius 2 is 2.24 bits per heavy atom. The molecule has 2 atom stereocenters. The Balaban J connectivity index is 2.06. The smallest absolute Gasteiger partial charge is 0.105 e. The summed E-state index contributed by atoms with van der Waals surface area (Å²) >= 11 is 0. The molecule has 94 valence electrons. The Hall–Kier alpha value is -1.06. The van der Waals surface area contributed by atoms with Crippen LogP contribution in [0.15, 0.2) is 24.3 Å². The molecule has 0 aromatic heterocycles. The molecule has 2 unspecified atom stereocenters. The van der Waals surface area contributed by atoms with E-state index in [1.165, 1.54) is 5.56 Å². The predicted octanol–water partition coefficient (Wildman–Crippen LogP) is 2.20. The molecule has 0 spiro atoms. The average molecular weight is 235 g/mol. The van der Waals surface area contributed by atoms with Gasteiger partial charge in [-0.3, -0.25) is 0 Å². The Bertz CT molecular complexity index is 376. The molecule has 1 aromatic rings. The Morgan fingerprint density at radius 1 is 1.47 bits per heavy atom. The van der Waals surface area contributed by atoms with E-state index >= 15 is 0 Å². The number of benzene rings is 1. The minimum atomic E-state index is -0.816. The van der Waals surface area contributed by atoms with Crippen LogP contribution in [-0.4, -0.2) is 30.0 Å². The predicted molar refractivity (Wildman–Crippen MR) is 69.3 cm³/mol. The van der Waals surface area contributed by atoms with Crippen LogP contribution in [0.5, 0.6) is 0 Å². The molecular weight excluding hydrogens is 214 g/mol. The second-order valence-electron chi connectivity index (χ2n) is 4.89. The molecule has 0 saturated carbocycles. The van der Waals surface area contributed by atoms with Crippen LogP contribution < -0.4 is 5.32 Å². The first kappa shape index (κ1) is 12.4. The zero-order valence-corrected chi connectivity index (χ0v) is 10.6. The Kier molecular flexibility index (Phi) is 3.69. The van der Waals surface area contributed by atoms with Crippen LogP contribution in [-0.2, 0) is 11.2 Å². The Morgan fingerprint density at radius 3 is 3.00 bits per heavy atom. The number of anilines is 1. The van der Waals surface area contributed by atoms with E-state index in [4.69, 9.17) is 4.74 Å². The SMILES string of the molecule is CCOCC(C)(O)C1CCc2ccccc2N1. The highest BCUT2D eigenvalue weighted by Crippen LogP contribution is 2.29. The maximum atomic E-state index is 10.4. The third-order valence-electron chi connectivity index (χ3n) is 3.40. The van der Waals surface area contributed by atoms with Crippen molar-refractivity contribution in [3.63, 3.8) is 0 Å². The van der Waals surface area contributed by atoms with E-state index in [0.29, 0.717) is 13.2 Å². The molecule has 0 radical (unpaired) electrons. The van der Waals surface area contributed by atoms with E-state index in [1.807, 2.05) is 19.9 Å². The minimum Gasteiger partial charge on any atom is -0.386 e. The van der Waals surface area contributed by atoms with Gasteiger partial charge in [-0.05, 0) is 38.3 Å². The number of hydrogen-bond acceptors (Lipinski definition) is 3. The molecule has 0 saturated heterocycles. The quantitative estimate of drug-likeness (QED) is 0.840. The highest BCUT2D eigenvalue weighted by atomic mass is 16.5. The lowest BCUT2D eigenvalue weighted by Gasteiger charge is -2.37. The number of aryl methyl sites for hydroxylation is 1. The lowest BCUT2D eigenvalue weighted by atomic mass is 9.88. The minimum absolute atomic E-state index is 0.0592. The van der Waals surface area contributed by atoms with Gasteiger partial charge in [0.15, 0.2) is 0 Å². The fraction of sp³-hybridized carbons (Fsp3) is 0.571. The second kappa shape index (κ2) is 5.07. The van der Waals surface area contributed by atoms with Crippen LogP contribution in [0, 0.1) is 0 Å². The molecular formula is C14H21NO2. The van der Waals surface area contributed by atoms with Crippen molar-refractivity contribution in [3.05, 3.63) is 29.8 Å². The highest BCUT2D eigenvalue weighted by molar-refractivity contribution is 5.54. The third-order valence-corrected chi connectivity index (χ3v) is 3.40. The molecule has 0 amide bonds. The van der Waals surface area contributed by atoms with Gasteiger partial charge in [-0.15, -0.1) is 0 Å². The van der Waals surface area contributed by atoms with Crippen molar-refractivity contribution < 1.29 is 9.84 Å². The summed E-state index contributed by atoms with van der Waals surface area (Å²) in [6.07, 6.45) is 1.95. The molecule has 0 bridgehead atoms. The monoisotopic (exact) mass is 235 g/mol. The van der Waals surface area contributed by atoms with Crippen molar-refractivity contribution in [2.75, 3.05) is 18.5 Å². The highest BCUT2D eigenvalue weighted by Gasteiger charge is 2.34. The summed E-state index contributed by atoms with van der Waals surface area (Å²) < 4.78 is 5.35. The molecule has 2 rings (SSSR count). The number of hydrogen-bond donors (Lipinski definition) is 2. The summed E-state index contributed by atoms with van der Waals surface area (Å²) in [6, 6.07) is 8.34. The first-order valence-electron chi connectivity index (χ1n) is 6.28. The zero-order valence-electron chi connectivity index (χ0n) is 10.6. The summed E-state index contributed by atoms with van der Waals surface area (Å²) in [5.41, 5.74) is 1.65. The Labute approximate surface area is 103 Å². The van der Waals surface area contributed by atoms with E-state index in [2.05, 4.69) is 23.5 Å². The van der Waals surface area contributed by atoms with Crippen LogP contribution in [0.4, 0.5) is 5.69 Å². The maximum absolute atomic E-state index is 10.4. The molecule has 1 aliphatic heterocycles. The van der Waals surface area contributed by atoms with Crippen LogP contribution in [0.25, 0.3) is 0 Å². The molecule has 3 nitrogen and oxygen atoms in total. The number of ether oxygens (including phenoxy) is 1.